The second-order valence-corrected chi connectivity index (χ2v) is 6.56. The number of fused-ring (bicyclic) bond motifs is 2. The molecule has 0 amide bonds. The van der Waals surface area contributed by atoms with Crippen molar-refractivity contribution in [3.63, 3.8) is 0 Å². The Balaban J connectivity index is 1.54. The van der Waals surface area contributed by atoms with Gasteiger partial charge in [-0.05, 0) is 48.1 Å². The quantitative estimate of drug-likeness (QED) is 0.840. The van der Waals surface area contributed by atoms with Crippen LogP contribution in [-0.2, 0) is 6.54 Å². The lowest BCUT2D eigenvalue weighted by Crippen LogP contribution is -2.33. The van der Waals surface area contributed by atoms with E-state index in [0.717, 1.165) is 24.4 Å². The highest BCUT2D eigenvalue weighted by Crippen LogP contribution is 2.44. The lowest BCUT2D eigenvalue weighted by atomic mass is 9.95. The fourth-order valence-electron chi connectivity index (χ4n) is 3.76. The van der Waals surface area contributed by atoms with E-state index in [1.54, 1.807) is 0 Å². The van der Waals surface area contributed by atoms with E-state index in [0.29, 0.717) is 5.92 Å². The Morgan fingerprint density at radius 1 is 1.11 bits per heavy atom. The molecule has 1 N–H and O–H groups in total. The Bertz CT molecular complexity index is 393. The van der Waals surface area contributed by atoms with E-state index in [9.17, 15) is 0 Å². The van der Waals surface area contributed by atoms with Crippen molar-refractivity contribution in [2.45, 2.75) is 58.0 Å². The number of hydrogen-bond acceptors (Lipinski definition) is 1. The minimum Gasteiger partial charge on any atom is -0.310 e. The molecule has 98 valence electrons. The summed E-state index contributed by atoms with van der Waals surface area (Å²) in [7, 11) is 0. The molecule has 1 aromatic rings. The summed E-state index contributed by atoms with van der Waals surface area (Å²) in [5.41, 5.74) is 2.88. The van der Waals surface area contributed by atoms with Crippen molar-refractivity contribution >= 4 is 0 Å². The van der Waals surface area contributed by atoms with Crippen LogP contribution in [-0.4, -0.2) is 6.04 Å². The zero-order chi connectivity index (χ0) is 12.5. The molecular formula is C17H25N. The van der Waals surface area contributed by atoms with Crippen LogP contribution in [0.25, 0.3) is 0 Å². The van der Waals surface area contributed by atoms with Gasteiger partial charge in [-0.1, -0.05) is 44.5 Å². The average molecular weight is 243 g/mol. The van der Waals surface area contributed by atoms with Crippen molar-refractivity contribution in [2.24, 2.45) is 11.8 Å². The van der Waals surface area contributed by atoms with Crippen LogP contribution in [0.1, 0.15) is 56.6 Å². The van der Waals surface area contributed by atoms with Crippen LogP contribution in [0.3, 0.4) is 0 Å². The smallest absolute Gasteiger partial charge is 0.0208 e. The van der Waals surface area contributed by atoms with E-state index in [1.165, 1.54) is 36.8 Å². The first-order valence-corrected chi connectivity index (χ1v) is 7.54. The molecule has 2 aliphatic carbocycles. The number of hydrogen-bond donors (Lipinski definition) is 1. The highest BCUT2D eigenvalue weighted by Gasteiger charge is 2.38. The molecule has 0 heterocycles. The Hall–Kier alpha value is -0.820. The molecular weight excluding hydrogens is 218 g/mol. The largest absolute Gasteiger partial charge is 0.310 e. The minimum absolute atomic E-state index is 0.637. The van der Waals surface area contributed by atoms with Crippen molar-refractivity contribution < 1.29 is 0 Å². The number of nitrogens with one attached hydrogen (secondary N) is 1. The third-order valence-corrected chi connectivity index (χ3v) is 4.95. The normalized spacial score (nSPS) is 30.3. The molecule has 3 atom stereocenters. The molecule has 2 fully saturated rings. The van der Waals surface area contributed by atoms with Gasteiger partial charge in [0.15, 0.2) is 0 Å². The first-order valence-electron chi connectivity index (χ1n) is 7.54. The Kier molecular flexibility index (Phi) is 3.43. The van der Waals surface area contributed by atoms with Gasteiger partial charge in [-0.2, -0.15) is 0 Å². The lowest BCUT2D eigenvalue weighted by Gasteiger charge is -2.23. The van der Waals surface area contributed by atoms with Crippen molar-refractivity contribution in [3.05, 3.63) is 35.4 Å². The standard InChI is InChI=1S/C17H25N/c1-12(2)15-6-3-13(4-7-15)11-18-17-10-14-5-8-16(17)9-14/h3-4,6-7,12,14,16-18H,5,8-11H2,1-2H3. The second kappa shape index (κ2) is 5.05. The SMILES string of the molecule is CC(C)c1ccc(CNC2CC3CCC2C3)cc1. The molecule has 18 heavy (non-hydrogen) atoms. The van der Waals surface area contributed by atoms with E-state index in [1.807, 2.05) is 0 Å². The zero-order valence-electron chi connectivity index (χ0n) is 11.7. The van der Waals surface area contributed by atoms with Gasteiger partial charge < -0.3 is 5.32 Å². The first kappa shape index (κ1) is 12.2. The van der Waals surface area contributed by atoms with Gasteiger partial charge >= 0.3 is 0 Å². The molecule has 2 aliphatic rings. The summed E-state index contributed by atoms with van der Waals surface area (Å²) in [6.07, 6.45) is 5.87. The summed E-state index contributed by atoms with van der Waals surface area (Å²) in [6.45, 7) is 5.55. The van der Waals surface area contributed by atoms with E-state index >= 15 is 0 Å². The number of benzene rings is 1. The van der Waals surface area contributed by atoms with Crippen LogP contribution in [0.2, 0.25) is 0 Å². The molecule has 0 aliphatic heterocycles. The molecule has 3 rings (SSSR count). The Morgan fingerprint density at radius 3 is 2.44 bits per heavy atom. The van der Waals surface area contributed by atoms with Gasteiger partial charge in [0.25, 0.3) is 0 Å². The van der Waals surface area contributed by atoms with Gasteiger partial charge in [-0.15, -0.1) is 0 Å². The minimum atomic E-state index is 0.637. The van der Waals surface area contributed by atoms with Gasteiger partial charge in [0.2, 0.25) is 0 Å². The molecule has 0 saturated heterocycles. The maximum absolute atomic E-state index is 3.78. The van der Waals surface area contributed by atoms with Crippen LogP contribution in [0.4, 0.5) is 0 Å². The third-order valence-electron chi connectivity index (χ3n) is 4.95. The first-order chi connectivity index (χ1) is 8.72. The Morgan fingerprint density at radius 2 is 1.89 bits per heavy atom. The molecule has 0 aromatic heterocycles. The second-order valence-electron chi connectivity index (χ2n) is 6.56. The van der Waals surface area contributed by atoms with Crippen molar-refractivity contribution in [3.8, 4) is 0 Å². The van der Waals surface area contributed by atoms with Gasteiger partial charge in [-0.3, -0.25) is 0 Å². The summed E-state index contributed by atoms with van der Waals surface area (Å²) in [5, 5.41) is 3.78. The monoisotopic (exact) mass is 243 g/mol. The molecule has 1 aromatic carbocycles. The van der Waals surface area contributed by atoms with Gasteiger partial charge in [0.05, 0.1) is 0 Å². The molecule has 3 unspecified atom stereocenters. The molecule has 1 nitrogen and oxygen atoms in total. The average Bonchev–Trinajstić information content (AvgIpc) is 2.99. The van der Waals surface area contributed by atoms with Crippen molar-refractivity contribution in [1.82, 2.24) is 5.32 Å². The predicted molar refractivity (Wildman–Crippen MR) is 76.6 cm³/mol. The summed E-state index contributed by atoms with van der Waals surface area (Å²) in [4.78, 5) is 0. The molecule has 0 spiro atoms. The molecule has 1 heteroatoms. The van der Waals surface area contributed by atoms with E-state index in [2.05, 4.69) is 43.4 Å². The molecule has 0 radical (unpaired) electrons. The predicted octanol–water partition coefficient (Wildman–Crippen LogP) is 4.09. The van der Waals surface area contributed by atoms with Crippen LogP contribution >= 0.6 is 0 Å². The fourth-order valence-corrected chi connectivity index (χ4v) is 3.76. The van der Waals surface area contributed by atoms with Crippen LogP contribution in [0.5, 0.6) is 0 Å². The maximum atomic E-state index is 3.78. The van der Waals surface area contributed by atoms with Crippen molar-refractivity contribution in [2.75, 3.05) is 0 Å². The molecule has 2 bridgehead atoms. The fraction of sp³-hybridized carbons (Fsp3) is 0.647. The topological polar surface area (TPSA) is 12.0 Å². The Labute approximate surface area is 111 Å². The van der Waals surface area contributed by atoms with Crippen LogP contribution < -0.4 is 5.32 Å². The summed E-state index contributed by atoms with van der Waals surface area (Å²) < 4.78 is 0. The van der Waals surface area contributed by atoms with Crippen LogP contribution in [0, 0.1) is 11.8 Å². The van der Waals surface area contributed by atoms with Gasteiger partial charge in [0.1, 0.15) is 0 Å². The summed E-state index contributed by atoms with van der Waals surface area (Å²) in [5.74, 6) is 2.65. The highest BCUT2D eigenvalue weighted by atomic mass is 14.9. The lowest BCUT2D eigenvalue weighted by molar-refractivity contribution is 0.350. The molecule has 2 saturated carbocycles. The van der Waals surface area contributed by atoms with Crippen molar-refractivity contribution in [1.29, 1.82) is 0 Å². The van der Waals surface area contributed by atoms with Gasteiger partial charge in [-0.25, -0.2) is 0 Å². The van der Waals surface area contributed by atoms with E-state index < -0.39 is 0 Å². The summed E-state index contributed by atoms with van der Waals surface area (Å²) in [6, 6.07) is 9.93. The van der Waals surface area contributed by atoms with E-state index in [4.69, 9.17) is 0 Å². The highest BCUT2D eigenvalue weighted by molar-refractivity contribution is 5.24. The summed E-state index contributed by atoms with van der Waals surface area (Å²) >= 11 is 0. The maximum Gasteiger partial charge on any atom is 0.0208 e. The third kappa shape index (κ3) is 2.47. The van der Waals surface area contributed by atoms with Crippen LogP contribution in [0.15, 0.2) is 24.3 Å². The van der Waals surface area contributed by atoms with Gasteiger partial charge in [0, 0.05) is 12.6 Å². The van der Waals surface area contributed by atoms with E-state index in [-0.39, 0.29) is 0 Å². The number of rotatable bonds is 4. The zero-order valence-corrected chi connectivity index (χ0v) is 11.7.